The number of hydrogen-bond donors (Lipinski definition) is 4. The molecule has 1 aliphatic heterocycles. The molecule has 5 rings (SSSR count). The molecule has 0 saturated heterocycles. The topological polar surface area (TPSA) is 169 Å². The van der Waals surface area contributed by atoms with Gasteiger partial charge in [-0.1, -0.05) is 30.7 Å². The number of allylic oxidation sites excluding steroid dienone is 1. The maximum Gasteiger partial charge on any atom is 0.411 e. The summed E-state index contributed by atoms with van der Waals surface area (Å²) in [5.74, 6) is -0.342. The van der Waals surface area contributed by atoms with E-state index in [1.807, 2.05) is 19.1 Å². The number of amides is 3. The number of nitrogens with zero attached hydrogens (tertiary/aromatic N) is 5. The number of ether oxygens (including phenoxy) is 1. The molecule has 2 aromatic carbocycles. The summed E-state index contributed by atoms with van der Waals surface area (Å²) in [5, 5.41) is 20.3. The fourth-order valence-corrected chi connectivity index (χ4v) is 4.62. The van der Waals surface area contributed by atoms with Crippen LogP contribution in [0.2, 0.25) is 5.02 Å². The van der Waals surface area contributed by atoms with Crippen molar-refractivity contribution in [2.24, 2.45) is 5.92 Å². The molecule has 2 atom stereocenters. The van der Waals surface area contributed by atoms with E-state index in [4.69, 9.17) is 11.6 Å². The summed E-state index contributed by atoms with van der Waals surface area (Å²) >= 11 is 6.20. The lowest BCUT2D eigenvalue weighted by Gasteiger charge is -2.15. The SMILES string of the molecule is COC(=O)Nc1ccc2c(c1)NC(=O)C(C)C/C=C/C[C@H](NC(=O)/C=C/c1cc(Cl)ccc1-n1cnnn1)c1ncc-2[nH]1. The van der Waals surface area contributed by atoms with Gasteiger partial charge in [-0.3, -0.25) is 14.9 Å². The highest BCUT2D eigenvalue weighted by atomic mass is 35.5. The van der Waals surface area contributed by atoms with E-state index in [1.54, 1.807) is 48.7 Å². The van der Waals surface area contributed by atoms with Gasteiger partial charge in [0.15, 0.2) is 0 Å². The van der Waals surface area contributed by atoms with Gasteiger partial charge in [-0.2, -0.15) is 4.68 Å². The van der Waals surface area contributed by atoms with E-state index < -0.39 is 12.1 Å². The second-order valence-corrected chi connectivity index (χ2v) is 10.2. The first-order chi connectivity index (χ1) is 20.8. The molecular formula is C29H28ClN9O4. The zero-order valence-corrected chi connectivity index (χ0v) is 24.0. The number of hydrogen-bond acceptors (Lipinski definition) is 8. The van der Waals surface area contributed by atoms with Crippen LogP contribution in [0.4, 0.5) is 16.2 Å². The molecule has 0 radical (unpaired) electrons. The lowest BCUT2D eigenvalue weighted by Crippen LogP contribution is -2.27. The molecule has 43 heavy (non-hydrogen) atoms. The lowest BCUT2D eigenvalue weighted by atomic mass is 10.0. The molecule has 3 heterocycles. The minimum absolute atomic E-state index is 0.183. The standard InChI is InChI=1S/C29H28ClN9O4/c1-17-5-3-4-6-22(34-26(40)12-7-18-13-19(30)8-11-25(18)39-16-32-37-38-39)27-31-15-24(35-27)21-10-9-20(33-29(42)43-2)14-23(21)36-28(17)41/h3-4,7-17,22H,5-6H2,1-2H3,(H,31,35)(H,33,42)(H,34,40)(H,36,41)/b4-3+,12-7+/t17?,22-/m0/s1. The molecule has 14 heteroatoms. The molecule has 0 saturated carbocycles. The van der Waals surface area contributed by atoms with Gasteiger partial charge in [0.05, 0.1) is 36.4 Å². The Balaban J connectivity index is 1.42. The molecule has 0 fully saturated rings. The van der Waals surface area contributed by atoms with Gasteiger partial charge in [0.25, 0.3) is 0 Å². The number of tetrazole rings is 1. The van der Waals surface area contributed by atoms with Crippen molar-refractivity contribution in [1.82, 2.24) is 35.5 Å². The largest absolute Gasteiger partial charge is 0.453 e. The molecular weight excluding hydrogens is 574 g/mol. The Labute approximate surface area is 251 Å². The van der Waals surface area contributed by atoms with E-state index in [-0.39, 0.29) is 17.7 Å². The Morgan fingerprint density at radius 2 is 2.00 bits per heavy atom. The van der Waals surface area contributed by atoms with Gasteiger partial charge >= 0.3 is 6.09 Å². The Hall–Kier alpha value is -5.30. The van der Waals surface area contributed by atoms with Crippen molar-refractivity contribution < 1.29 is 19.1 Å². The fraction of sp³-hybridized carbons (Fsp3) is 0.207. The van der Waals surface area contributed by atoms with E-state index in [1.165, 1.54) is 24.2 Å². The Morgan fingerprint density at radius 3 is 2.79 bits per heavy atom. The number of aromatic amines is 1. The number of methoxy groups -OCH3 is 1. The van der Waals surface area contributed by atoms with Crippen LogP contribution in [0.5, 0.6) is 0 Å². The van der Waals surface area contributed by atoms with Crippen molar-refractivity contribution in [1.29, 1.82) is 0 Å². The van der Waals surface area contributed by atoms with Crippen LogP contribution in [0.1, 0.15) is 37.2 Å². The lowest BCUT2D eigenvalue weighted by molar-refractivity contribution is -0.119. The van der Waals surface area contributed by atoms with E-state index >= 15 is 0 Å². The number of H-pyrrole nitrogens is 1. The monoisotopic (exact) mass is 601 g/mol. The van der Waals surface area contributed by atoms with Gasteiger partial charge in [-0.25, -0.2) is 9.78 Å². The Morgan fingerprint density at radius 1 is 1.16 bits per heavy atom. The number of carbonyl (C=O) groups is 3. The van der Waals surface area contributed by atoms with Gasteiger partial charge in [0.2, 0.25) is 11.8 Å². The highest BCUT2D eigenvalue weighted by Gasteiger charge is 2.21. The number of fused-ring (bicyclic) bond motifs is 4. The van der Waals surface area contributed by atoms with Gasteiger partial charge in [0, 0.05) is 33.8 Å². The number of aromatic nitrogens is 6. The number of halogens is 1. The number of carbonyl (C=O) groups excluding carboxylic acids is 3. The molecule has 0 spiro atoms. The maximum absolute atomic E-state index is 13.1. The minimum Gasteiger partial charge on any atom is -0.453 e. The van der Waals surface area contributed by atoms with Crippen LogP contribution in [-0.2, 0) is 14.3 Å². The Bertz CT molecular complexity index is 1700. The summed E-state index contributed by atoms with van der Waals surface area (Å²) in [7, 11) is 1.27. The smallest absolute Gasteiger partial charge is 0.411 e. The summed E-state index contributed by atoms with van der Waals surface area (Å²) in [5.41, 5.74) is 3.50. The van der Waals surface area contributed by atoms with Crippen LogP contribution in [0.3, 0.4) is 0 Å². The molecule has 13 nitrogen and oxygen atoms in total. The Kier molecular flexibility index (Phi) is 8.91. The molecule has 4 aromatic rings. The average molecular weight is 602 g/mol. The molecule has 1 unspecified atom stereocenters. The van der Waals surface area contributed by atoms with Crippen molar-refractivity contribution in [3.05, 3.63) is 83.6 Å². The molecule has 220 valence electrons. The maximum atomic E-state index is 13.1. The third-order valence-electron chi connectivity index (χ3n) is 6.72. The highest BCUT2D eigenvalue weighted by Crippen LogP contribution is 2.32. The molecule has 2 aromatic heterocycles. The summed E-state index contributed by atoms with van der Waals surface area (Å²) in [6.45, 7) is 1.83. The fourth-order valence-electron chi connectivity index (χ4n) is 4.44. The molecule has 3 amide bonds. The highest BCUT2D eigenvalue weighted by molar-refractivity contribution is 6.30. The molecule has 2 bridgehead atoms. The average Bonchev–Trinajstić information content (AvgIpc) is 3.70. The first-order valence-electron chi connectivity index (χ1n) is 13.3. The van der Waals surface area contributed by atoms with Crippen molar-refractivity contribution in [2.45, 2.75) is 25.8 Å². The molecule has 1 aliphatic rings. The predicted octanol–water partition coefficient (Wildman–Crippen LogP) is 4.68. The van der Waals surface area contributed by atoms with Gasteiger partial charge in [-0.15, -0.1) is 5.10 Å². The van der Waals surface area contributed by atoms with Crippen molar-refractivity contribution in [3.8, 4) is 16.9 Å². The van der Waals surface area contributed by atoms with Crippen molar-refractivity contribution >= 4 is 47.0 Å². The summed E-state index contributed by atoms with van der Waals surface area (Å²) in [6, 6.07) is 9.78. The van der Waals surface area contributed by atoms with Crippen molar-refractivity contribution in [3.63, 3.8) is 0 Å². The van der Waals surface area contributed by atoms with Gasteiger partial charge in [-0.05, 0) is 65.7 Å². The van der Waals surface area contributed by atoms with Crippen LogP contribution in [0.25, 0.3) is 23.0 Å². The van der Waals surface area contributed by atoms with Crippen LogP contribution < -0.4 is 16.0 Å². The quantitative estimate of drug-likeness (QED) is 0.189. The van der Waals surface area contributed by atoms with Gasteiger partial charge in [0.1, 0.15) is 12.2 Å². The second kappa shape index (κ2) is 13.1. The van der Waals surface area contributed by atoms with E-state index in [0.717, 1.165) is 0 Å². The van der Waals surface area contributed by atoms with E-state index in [2.05, 4.69) is 46.2 Å². The second-order valence-electron chi connectivity index (χ2n) is 9.74. The molecule has 4 N–H and O–H groups in total. The zero-order valence-electron chi connectivity index (χ0n) is 23.2. The first-order valence-corrected chi connectivity index (χ1v) is 13.7. The number of rotatable bonds is 5. The van der Waals surface area contributed by atoms with Gasteiger partial charge < -0.3 is 20.4 Å². The summed E-state index contributed by atoms with van der Waals surface area (Å²) in [6.07, 6.45) is 10.2. The number of benzene rings is 2. The molecule has 0 aliphatic carbocycles. The van der Waals surface area contributed by atoms with E-state index in [0.29, 0.717) is 57.6 Å². The number of nitrogens with one attached hydrogen (secondary N) is 4. The summed E-state index contributed by atoms with van der Waals surface area (Å²) < 4.78 is 6.16. The van der Waals surface area contributed by atoms with Crippen LogP contribution in [0, 0.1) is 5.92 Å². The minimum atomic E-state index is -0.632. The first kappa shape index (κ1) is 29.2. The normalized spacial score (nSPS) is 17.5. The van der Waals surface area contributed by atoms with Crippen LogP contribution in [0.15, 0.2) is 67.2 Å². The zero-order chi connectivity index (χ0) is 30.3. The van der Waals surface area contributed by atoms with Crippen LogP contribution >= 0.6 is 11.6 Å². The third-order valence-corrected chi connectivity index (χ3v) is 6.95. The van der Waals surface area contributed by atoms with Crippen molar-refractivity contribution in [2.75, 3.05) is 17.7 Å². The number of imidazole rings is 1. The summed E-state index contributed by atoms with van der Waals surface area (Å²) in [4.78, 5) is 45.7. The van der Waals surface area contributed by atoms with E-state index in [9.17, 15) is 14.4 Å². The number of anilines is 2. The van der Waals surface area contributed by atoms with Crippen LogP contribution in [-0.4, -0.2) is 55.2 Å². The third kappa shape index (κ3) is 7.13. The predicted molar refractivity (Wildman–Crippen MR) is 160 cm³/mol.